The Labute approximate surface area is 115 Å². The zero-order valence-corrected chi connectivity index (χ0v) is 11.7. The highest BCUT2D eigenvalue weighted by molar-refractivity contribution is 7.46. The predicted octanol–water partition coefficient (Wildman–Crippen LogP) is 0.684. The number of fused-ring (bicyclic) bond motifs is 1. The summed E-state index contributed by atoms with van der Waals surface area (Å²) in [7, 11) is -2.99. The lowest BCUT2D eigenvalue weighted by Crippen LogP contribution is -2.33. The summed E-state index contributed by atoms with van der Waals surface area (Å²) >= 11 is 0. The van der Waals surface area contributed by atoms with Crippen molar-refractivity contribution in [2.45, 2.75) is 12.5 Å². The lowest BCUT2D eigenvalue weighted by atomic mass is 10.1. The molecule has 20 heavy (non-hydrogen) atoms. The molecule has 1 aromatic carbocycles. The quantitative estimate of drug-likeness (QED) is 0.715. The third kappa shape index (κ3) is 3.26. The first kappa shape index (κ1) is 14.7. The molecule has 7 nitrogen and oxygen atoms in total. The summed E-state index contributed by atoms with van der Waals surface area (Å²) in [4.78, 5) is 28.6. The SMILES string of the molecule is Cn1cc(C[C@@H](N)C(=O)OP(=O)(O)O)c2ccccc21. The van der Waals surface area contributed by atoms with Crippen molar-refractivity contribution in [1.82, 2.24) is 4.57 Å². The second-order valence-electron chi connectivity index (χ2n) is 4.49. The number of nitrogens with zero attached hydrogens (tertiary/aromatic N) is 1. The molecule has 0 unspecified atom stereocenters. The molecule has 0 aliphatic carbocycles. The van der Waals surface area contributed by atoms with Gasteiger partial charge in [-0.05, 0) is 11.6 Å². The van der Waals surface area contributed by atoms with Gasteiger partial charge >= 0.3 is 13.8 Å². The van der Waals surface area contributed by atoms with Crippen molar-refractivity contribution in [3.8, 4) is 0 Å². The smallest absolute Gasteiger partial charge is 0.369 e. The zero-order valence-electron chi connectivity index (χ0n) is 10.8. The number of para-hydroxylation sites is 1. The zero-order chi connectivity index (χ0) is 14.9. The minimum atomic E-state index is -4.86. The fourth-order valence-corrected chi connectivity index (χ4v) is 2.46. The van der Waals surface area contributed by atoms with E-state index in [9.17, 15) is 9.36 Å². The van der Waals surface area contributed by atoms with Gasteiger partial charge in [0.25, 0.3) is 0 Å². The molecule has 0 aliphatic heterocycles. The van der Waals surface area contributed by atoms with E-state index in [4.69, 9.17) is 15.5 Å². The Bertz CT molecular complexity index is 690. The molecule has 1 heterocycles. The molecule has 0 saturated carbocycles. The number of rotatable bonds is 4. The lowest BCUT2D eigenvalue weighted by molar-refractivity contribution is -0.137. The molecule has 1 aromatic heterocycles. The maximum atomic E-state index is 11.5. The van der Waals surface area contributed by atoms with Gasteiger partial charge in [0.15, 0.2) is 0 Å². The van der Waals surface area contributed by atoms with Gasteiger partial charge in [0.1, 0.15) is 6.04 Å². The number of aryl methyl sites for hydroxylation is 1. The number of phosphoric acid groups is 1. The first-order chi connectivity index (χ1) is 9.28. The summed E-state index contributed by atoms with van der Waals surface area (Å²) in [5, 5.41) is 0.939. The van der Waals surface area contributed by atoms with Crippen molar-refractivity contribution in [3.63, 3.8) is 0 Å². The molecule has 8 heteroatoms. The Morgan fingerprint density at radius 2 is 2.10 bits per heavy atom. The molecule has 0 aliphatic rings. The van der Waals surface area contributed by atoms with Crippen LogP contribution in [-0.2, 0) is 27.4 Å². The number of carbonyl (C=O) groups is 1. The van der Waals surface area contributed by atoms with Gasteiger partial charge in [-0.2, -0.15) is 0 Å². The summed E-state index contributed by atoms with van der Waals surface area (Å²) in [5.74, 6) is -1.12. The minimum Gasteiger partial charge on any atom is -0.369 e. The average molecular weight is 298 g/mol. The van der Waals surface area contributed by atoms with Crippen LogP contribution in [0.3, 0.4) is 0 Å². The Hall–Kier alpha value is -1.66. The molecule has 0 saturated heterocycles. The van der Waals surface area contributed by atoms with Crippen molar-refractivity contribution < 1.29 is 23.7 Å². The van der Waals surface area contributed by atoms with E-state index in [-0.39, 0.29) is 6.42 Å². The van der Waals surface area contributed by atoms with Crippen LogP contribution in [0.15, 0.2) is 30.5 Å². The van der Waals surface area contributed by atoms with E-state index in [1.54, 1.807) is 0 Å². The Kier molecular flexibility index (Phi) is 3.96. The molecule has 2 aromatic rings. The summed E-state index contributed by atoms with van der Waals surface area (Å²) in [5.41, 5.74) is 7.43. The number of nitrogens with two attached hydrogens (primary N) is 1. The van der Waals surface area contributed by atoms with Gasteiger partial charge in [-0.1, -0.05) is 18.2 Å². The molecular weight excluding hydrogens is 283 g/mol. The summed E-state index contributed by atoms with van der Waals surface area (Å²) in [6.07, 6.45) is 1.97. The summed E-state index contributed by atoms with van der Waals surface area (Å²) < 4.78 is 16.5. The van der Waals surface area contributed by atoms with Crippen molar-refractivity contribution in [1.29, 1.82) is 0 Å². The minimum absolute atomic E-state index is 0.139. The van der Waals surface area contributed by atoms with Crippen LogP contribution < -0.4 is 5.73 Å². The molecule has 108 valence electrons. The number of carbonyl (C=O) groups excluding carboxylic acids is 1. The van der Waals surface area contributed by atoms with Gasteiger partial charge in [0.2, 0.25) is 0 Å². The van der Waals surface area contributed by atoms with Crippen LogP contribution in [0.5, 0.6) is 0 Å². The molecular formula is C12H15N2O5P. The fraction of sp³-hybridized carbons (Fsp3) is 0.250. The van der Waals surface area contributed by atoms with Gasteiger partial charge in [-0.3, -0.25) is 9.79 Å². The third-order valence-electron chi connectivity index (χ3n) is 2.93. The topological polar surface area (TPSA) is 115 Å². The predicted molar refractivity (Wildman–Crippen MR) is 72.7 cm³/mol. The second-order valence-corrected chi connectivity index (χ2v) is 5.66. The Morgan fingerprint density at radius 3 is 2.75 bits per heavy atom. The molecule has 4 N–H and O–H groups in total. The fourth-order valence-electron chi connectivity index (χ4n) is 2.09. The molecule has 0 fully saturated rings. The molecule has 1 atom stereocenters. The van der Waals surface area contributed by atoms with E-state index in [0.29, 0.717) is 0 Å². The van der Waals surface area contributed by atoms with Gasteiger partial charge in [0.05, 0.1) is 0 Å². The van der Waals surface area contributed by atoms with E-state index in [1.165, 1.54) is 0 Å². The molecule has 0 radical (unpaired) electrons. The standard InChI is InChI=1S/C12H15N2O5P/c1-14-7-8(9-4-2-3-5-11(9)14)6-10(13)12(15)19-20(16,17)18/h2-5,7,10H,6,13H2,1H3,(H2,16,17,18)/t10-/m1/s1. The summed E-state index contributed by atoms with van der Waals surface area (Å²) in [6, 6.07) is 6.46. The van der Waals surface area contributed by atoms with Crippen LogP contribution >= 0.6 is 7.82 Å². The average Bonchev–Trinajstić information content (AvgIpc) is 2.65. The van der Waals surface area contributed by atoms with Crippen molar-refractivity contribution >= 4 is 24.7 Å². The van der Waals surface area contributed by atoms with Crippen molar-refractivity contribution in [3.05, 3.63) is 36.0 Å². The molecule has 0 spiro atoms. The highest BCUT2D eigenvalue weighted by Gasteiger charge is 2.26. The van der Waals surface area contributed by atoms with E-state index >= 15 is 0 Å². The van der Waals surface area contributed by atoms with Crippen LogP contribution in [0.4, 0.5) is 0 Å². The van der Waals surface area contributed by atoms with Crippen LogP contribution in [0.1, 0.15) is 5.56 Å². The highest BCUT2D eigenvalue weighted by atomic mass is 31.2. The van der Waals surface area contributed by atoms with Crippen LogP contribution in [0, 0.1) is 0 Å². The maximum absolute atomic E-state index is 11.5. The van der Waals surface area contributed by atoms with E-state index in [1.807, 2.05) is 42.1 Å². The van der Waals surface area contributed by atoms with Crippen molar-refractivity contribution in [2.75, 3.05) is 0 Å². The van der Waals surface area contributed by atoms with Crippen molar-refractivity contribution in [2.24, 2.45) is 12.8 Å². The van der Waals surface area contributed by atoms with E-state index in [2.05, 4.69) is 4.52 Å². The van der Waals surface area contributed by atoms with Crippen LogP contribution in [-0.4, -0.2) is 26.4 Å². The number of hydrogen-bond acceptors (Lipinski definition) is 4. The molecule has 0 bridgehead atoms. The number of hydrogen-bond donors (Lipinski definition) is 3. The highest BCUT2D eigenvalue weighted by Crippen LogP contribution is 2.36. The summed E-state index contributed by atoms with van der Waals surface area (Å²) in [6.45, 7) is 0. The first-order valence-corrected chi connectivity index (χ1v) is 7.38. The lowest BCUT2D eigenvalue weighted by Gasteiger charge is -2.11. The van der Waals surface area contributed by atoms with Gasteiger partial charge in [-0.15, -0.1) is 0 Å². The second kappa shape index (κ2) is 5.38. The normalized spacial score (nSPS) is 13.4. The molecule has 0 amide bonds. The monoisotopic (exact) mass is 298 g/mol. The number of phosphoric ester groups is 1. The van der Waals surface area contributed by atoms with Gasteiger partial charge < -0.3 is 14.8 Å². The first-order valence-electron chi connectivity index (χ1n) is 5.85. The van der Waals surface area contributed by atoms with E-state index < -0.39 is 19.8 Å². The van der Waals surface area contributed by atoms with E-state index in [0.717, 1.165) is 16.5 Å². The Balaban J connectivity index is 2.20. The largest absolute Gasteiger partial charge is 0.527 e. The number of benzene rings is 1. The van der Waals surface area contributed by atoms with Gasteiger partial charge in [0, 0.05) is 30.6 Å². The Morgan fingerprint density at radius 1 is 1.45 bits per heavy atom. The molecule has 2 rings (SSSR count). The number of aromatic nitrogens is 1. The van der Waals surface area contributed by atoms with Crippen LogP contribution in [0.25, 0.3) is 10.9 Å². The van der Waals surface area contributed by atoms with Gasteiger partial charge in [-0.25, -0.2) is 9.36 Å². The van der Waals surface area contributed by atoms with Crippen LogP contribution in [0.2, 0.25) is 0 Å². The third-order valence-corrected chi connectivity index (χ3v) is 3.35. The maximum Gasteiger partial charge on any atom is 0.527 e.